The second-order valence-corrected chi connectivity index (χ2v) is 4.04. The molecule has 0 bridgehead atoms. The van der Waals surface area contributed by atoms with Crippen LogP contribution in [0.25, 0.3) is 0 Å². The van der Waals surface area contributed by atoms with Gasteiger partial charge in [-0.25, -0.2) is 4.98 Å². The number of aliphatic hydroxyl groups excluding tert-OH is 1. The van der Waals surface area contributed by atoms with Crippen LogP contribution in [0.4, 0.5) is 0 Å². The summed E-state index contributed by atoms with van der Waals surface area (Å²) >= 11 is 0. The van der Waals surface area contributed by atoms with Gasteiger partial charge in [-0.05, 0) is 31.4 Å². The van der Waals surface area contributed by atoms with E-state index in [4.69, 9.17) is 4.74 Å². The maximum atomic E-state index is 10.0. The standard InChI is InChI=1S/C14H21NO2/c1-3-4-5-6-7-10-13(16)12-9-8-11-15-14(12)17-2/h3,8-9,11,13,16H,1,4-7,10H2,2H3. The summed E-state index contributed by atoms with van der Waals surface area (Å²) in [5.41, 5.74) is 0.777. The highest BCUT2D eigenvalue weighted by atomic mass is 16.5. The quantitative estimate of drug-likeness (QED) is 0.555. The zero-order valence-electron chi connectivity index (χ0n) is 10.4. The van der Waals surface area contributed by atoms with Gasteiger partial charge in [-0.15, -0.1) is 6.58 Å². The fourth-order valence-corrected chi connectivity index (χ4v) is 1.79. The highest BCUT2D eigenvalue weighted by Crippen LogP contribution is 2.26. The van der Waals surface area contributed by atoms with E-state index >= 15 is 0 Å². The van der Waals surface area contributed by atoms with Crippen molar-refractivity contribution >= 4 is 0 Å². The van der Waals surface area contributed by atoms with Crippen LogP contribution in [0.15, 0.2) is 31.0 Å². The van der Waals surface area contributed by atoms with Gasteiger partial charge in [-0.1, -0.05) is 18.9 Å². The molecule has 1 aromatic rings. The lowest BCUT2D eigenvalue weighted by atomic mass is 10.0. The average Bonchev–Trinajstić information content (AvgIpc) is 2.38. The maximum absolute atomic E-state index is 10.0. The van der Waals surface area contributed by atoms with E-state index in [0.717, 1.165) is 37.7 Å². The van der Waals surface area contributed by atoms with Gasteiger partial charge in [0.15, 0.2) is 0 Å². The number of aliphatic hydroxyl groups is 1. The van der Waals surface area contributed by atoms with E-state index in [2.05, 4.69) is 11.6 Å². The Morgan fingerprint density at radius 1 is 1.47 bits per heavy atom. The summed E-state index contributed by atoms with van der Waals surface area (Å²) in [4.78, 5) is 4.08. The lowest BCUT2D eigenvalue weighted by Crippen LogP contribution is -2.02. The van der Waals surface area contributed by atoms with E-state index in [1.807, 2.05) is 18.2 Å². The van der Waals surface area contributed by atoms with Crippen LogP contribution in [0.1, 0.15) is 43.8 Å². The Labute approximate surface area is 103 Å². The topological polar surface area (TPSA) is 42.4 Å². The summed E-state index contributed by atoms with van der Waals surface area (Å²) in [5.74, 6) is 0.520. The largest absolute Gasteiger partial charge is 0.481 e. The zero-order valence-corrected chi connectivity index (χ0v) is 10.4. The minimum absolute atomic E-state index is 0.484. The van der Waals surface area contributed by atoms with Crippen LogP contribution in [-0.4, -0.2) is 17.2 Å². The zero-order chi connectivity index (χ0) is 12.5. The summed E-state index contributed by atoms with van der Waals surface area (Å²) in [5, 5.41) is 10.0. The Bertz CT molecular complexity index is 339. The minimum Gasteiger partial charge on any atom is -0.481 e. The van der Waals surface area contributed by atoms with E-state index in [9.17, 15) is 5.11 Å². The van der Waals surface area contributed by atoms with E-state index in [0.29, 0.717) is 5.88 Å². The Hall–Kier alpha value is -1.35. The molecular formula is C14H21NO2. The molecule has 1 unspecified atom stereocenters. The van der Waals surface area contributed by atoms with Crippen molar-refractivity contribution in [1.29, 1.82) is 0 Å². The van der Waals surface area contributed by atoms with Crippen LogP contribution in [0, 0.1) is 0 Å². The molecule has 3 nitrogen and oxygen atoms in total. The van der Waals surface area contributed by atoms with Gasteiger partial charge in [-0.3, -0.25) is 0 Å². The summed E-state index contributed by atoms with van der Waals surface area (Å²) < 4.78 is 5.13. The van der Waals surface area contributed by atoms with Gasteiger partial charge in [0.25, 0.3) is 0 Å². The average molecular weight is 235 g/mol. The lowest BCUT2D eigenvalue weighted by Gasteiger charge is -2.13. The molecule has 3 heteroatoms. The molecule has 0 aliphatic rings. The Morgan fingerprint density at radius 3 is 3.00 bits per heavy atom. The molecule has 94 valence electrons. The number of hydrogen-bond donors (Lipinski definition) is 1. The van der Waals surface area contributed by atoms with Crippen molar-refractivity contribution in [3.05, 3.63) is 36.5 Å². The van der Waals surface area contributed by atoms with Crippen molar-refractivity contribution in [3.63, 3.8) is 0 Å². The van der Waals surface area contributed by atoms with Gasteiger partial charge >= 0.3 is 0 Å². The summed E-state index contributed by atoms with van der Waals surface area (Å²) in [6.07, 6.45) is 8.17. The van der Waals surface area contributed by atoms with Crippen LogP contribution in [0.3, 0.4) is 0 Å². The van der Waals surface area contributed by atoms with Gasteiger partial charge in [0.2, 0.25) is 5.88 Å². The summed E-state index contributed by atoms with van der Waals surface area (Å²) in [6, 6.07) is 3.68. The normalized spacial score (nSPS) is 12.1. The molecular weight excluding hydrogens is 214 g/mol. The van der Waals surface area contributed by atoms with Crippen LogP contribution < -0.4 is 4.74 Å². The number of nitrogens with zero attached hydrogens (tertiary/aromatic N) is 1. The monoisotopic (exact) mass is 235 g/mol. The van der Waals surface area contributed by atoms with Gasteiger partial charge < -0.3 is 9.84 Å². The highest BCUT2D eigenvalue weighted by molar-refractivity contribution is 5.27. The van der Waals surface area contributed by atoms with Crippen LogP contribution in [0.2, 0.25) is 0 Å². The van der Waals surface area contributed by atoms with Crippen LogP contribution in [0.5, 0.6) is 5.88 Å². The van der Waals surface area contributed by atoms with Gasteiger partial charge in [0.05, 0.1) is 13.2 Å². The number of unbranched alkanes of at least 4 members (excludes halogenated alkanes) is 3. The maximum Gasteiger partial charge on any atom is 0.218 e. The van der Waals surface area contributed by atoms with E-state index in [1.165, 1.54) is 0 Å². The SMILES string of the molecule is C=CCCCCCC(O)c1cccnc1OC. The van der Waals surface area contributed by atoms with Gasteiger partial charge in [0, 0.05) is 11.8 Å². The first-order valence-electron chi connectivity index (χ1n) is 6.07. The molecule has 1 N–H and O–H groups in total. The lowest BCUT2D eigenvalue weighted by molar-refractivity contribution is 0.158. The third-order valence-corrected chi connectivity index (χ3v) is 2.74. The van der Waals surface area contributed by atoms with Crippen molar-refractivity contribution in [1.82, 2.24) is 4.98 Å². The van der Waals surface area contributed by atoms with Crippen molar-refractivity contribution in [2.75, 3.05) is 7.11 Å². The molecule has 1 aromatic heterocycles. The number of hydrogen-bond acceptors (Lipinski definition) is 3. The molecule has 0 fully saturated rings. The molecule has 0 amide bonds. The minimum atomic E-state index is -0.484. The van der Waals surface area contributed by atoms with Gasteiger partial charge in [0.1, 0.15) is 0 Å². The van der Waals surface area contributed by atoms with Crippen molar-refractivity contribution in [2.24, 2.45) is 0 Å². The highest BCUT2D eigenvalue weighted by Gasteiger charge is 2.12. The second-order valence-electron chi connectivity index (χ2n) is 4.04. The molecule has 1 atom stereocenters. The Balaban J connectivity index is 2.40. The fraction of sp³-hybridized carbons (Fsp3) is 0.500. The summed E-state index contributed by atoms with van der Waals surface area (Å²) in [6.45, 7) is 3.69. The Kier molecular flexibility index (Phi) is 6.33. The first-order valence-corrected chi connectivity index (χ1v) is 6.07. The summed E-state index contributed by atoms with van der Waals surface area (Å²) in [7, 11) is 1.57. The molecule has 0 aliphatic heterocycles. The molecule has 0 spiro atoms. The molecule has 0 aliphatic carbocycles. The third kappa shape index (κ3) is 4.57. The molecule has 1 rings (SSSR count). The molecule has 0 saturated heterocycles. The number of pyridine rings is 1. The fourth-order valence-electron chi connectivity index (χ4n) is 1.79. The smallest absolute Gasteiger partial charge is 0.218 e. The first-order chi connectivity index (χ1) is 8.29. The number of aromatic nitrogens is 1. The number of ether oxygens (including phenoxy) is 1. The van der Waals surface area contributed by atoms with E-state index in [-0.39, 0.29) is 0 Å². The molecule has 1 heterocycles. The van der Waals surface area contributed by atoms with Crippen LogP contribution >= 0.6 is 0 Å². The van der Waals surface area contributed by atoms with Crippen molar-refractivity contribution in [3.8, 4) is 5.88 Å². The van der Waals surface area contributed by atoms with E-state index in [1.54, 1.807) is 13.3 Å². The molecule has 17 heavy (non-hydrogen) atoms. The number of methoxy groups -OCH3 is 1. The van der Waals surface area contributed by atoms with Gasteiger partial charge in [-0.2, -0.15) is 0 Å². The molecule has 0 radical (unpaired) electrons. The predicted molar refractivity (Wildman–Crippen MR) is 69.0 cm³/mol. The Morgan fingerprint density at radius 2 is 2.29 bits per heavy atom. The van der Waals surface area contributed by atoms with Crippen molar-refractivity contribution < 1.29 is 9.84 Å². The number of rotatable bonds is 8. The number of allylic oxidation sites excluding steroid dienone is 1. The molecule has 0 saturated carbocycles. The van der Waals surface area contributed by atoms with Crippen LogP contribution in [-0.2, 0) is 0 Å². The van der Waals surface area contributed by atoms with E-state index < -0.39 is 6.10 Å². The first kappa shape index (κ1) is 13.7. The van der Waals surface area contributed by atoms with Crippen molar-refractivity contribution in [2.45, 2.75) is 38.2 Å². The third-order valence-electron chi connectivity index (χ3n) is 2.74. The molecule has 0 aromatic carbocycles. The second kappa shape index (κ2) is 7.85. The predicted octanol–water partition coefficient (Wildman–Crippen LogP) is 3.26.